The van der Waals surface area contributed by atoms with E-state index < -0.39 is 5.97 Å². The second kappa shape index (κ2) is 4.40. The van der Waals surface area contributed by atoms with Crippen LogP contribution in [0.3, 0.4) is 0 Å². The number of carbonyl (C=O) groups is 1. The summed E-state index contributed by atoms with van der Waals surface area (Å²) in [4.78, 5) is 10.8. The Hall–Kier alpha value is -2.34. The number of ether oxygens (including phenoxy) is 1. The van der Waals surface area contributed by atoms with Gasteiger partial charge in [0.1, 0.15) is 11.4 Å². The second-order valence-electron chi connectivity index (χ2n) is 3.86. The molecular weight excluding hydrogens is 266 g/mol. The van der Waals surface area contributed by atoms with E-state index >= 15 is 0 Å². The van der Waals surface area contributed by atoms with Gasteiger partial charge in [-0.3, -0.25) is 0 Å². The smallest absolute Gasteiger partial charge is 0.374 e. The first-order chi connectivity index (χ1) is 9.20. The Morgan fingerprint density at radius 3 is 2.95 bits per heavy atom. The van der Waals surface area contributed by atoms with Crippen LogP contribution in [-0.4, -0.2) is 23.3 Å². The highest BCUT2D eigenvalue weighted by atomic mass is 32.1. The van der Waals surface area contributed by atoms with E-state index in [9.17, 15) is 4.79 Å². The zero-order valence-electron chi connectivity index (χ0n) is 9.91. The summed E-state index contributed by atoms with van der Waals surface area (Å²) in [5, 5.41) is 15.6. The fraction of sp³-hybridized carbons (Fsp3) is 0.0769. The van der Waals surface area contributed by atoms with Crippen molar-refractivity contribution in [3.8, 4) is 17.0 Å². The molecule has 0 aliphatic carbocycles. The Bertz CT molecular complexity index is 759. The number of carboxylic acids is 1. The van der Waals surface area contributed by atoms with Gasteiger partial charge in [-0.05, 0) is 23.6 Å². The third-order valence-electron chi connectivity index (χ3n) is 2.80. The summed E-state index contributed by atoms with van der Waals surface area (Å²) in [7, 11) is 1.62. The summed E-state index contributed by atoms with van der Waals surface area (Å²) in [6, 6.07) is 7.05. The molecule has 0 atom stereocenters. The Morgan fingerprint density at radius 1 is 1.42 bits per heavy atom. The summed E-state index contributed by atoms with van der Waals surface area (Å²) < 4.78 is 11.1. The molecule has 0 fully saturated rings. The van der Waals surface area contributed by atoms with Crippen LogP contribution in [0.5, 0.6) is 5.75 Å². The molecule has 1 aromatic carbocycles. The number of aromatic nitrogens is 1. The summed E-state index contributed by atoms with van der Waals surface area (Å²) in [5.74, 6) is -0.515. The highest BCUT2D eigenvalue weighted by Gasteiger charge is 2.16. The standard InChI is InChI=1S/C13H9NO4S/c1-17-10-3-2-7(8-4-5-19-12(8)10)9-6-11(13(15)16)18-14-9/h2-6H,1H3,(H,15,16). The fourth-order valence-corrected chi connectivity index (χ4v) is 2.84. The lowest BCUT2D eigenvalue weighted by atomic mass is 10.1. The van der Waals surface area contributed by atoms with Gasteiger partial charge in [-0.15, -0.1) is 11.3 Å². The molecule has 3 aromatic rings. The van der Waals surface area contributed by atoms with Crippen molar-refractivity contribution in [2.45, 2.75) is 0 Å². The lowest BCUT2D eigenvalue weighted by Crippen LogP contribution is -1.91. The first-order valence-electron chi connectivity index (χ1n) is 5.45. The first-order valence-corrected chi connectivity index (χ1v) is 6.33. The maximum Gasteiger partial charge on any atom is 0.374 e. The number of methoxy groups -OCH3 is 1. The molecule has 0 amide bonds. The minimum Gasteiger partial charge on any atom is -0.495 e. The predicted molar refractivity (Wildman–Crippen MR) is 70.8 cm³/mol. The zero-order chi connectivity index (χ0) is 13.4. The molecule has 3 rings (SSSR count). The van der Waals surface area contributed by atoms with Crippen molar-refractivity contribution in [1.82, 2.24) is 5.16 Å². The summed E-state index contributed by atoms with van der Waals surface area (Å²) >= 11 is 1.56. The van der Waals surface area contributed by atoms with Gasteiger partial charge in [0.2, 0.25) is 5.76 Å². The molecule has 0 saturated carbocycles. The van der Waals surface area contributed by atoms with E-state index in [0.717, 1.165) is 21.4 Å². The van der Waals surface area contributed by atoms with Crippen LogP contribution in [0, 0.1) is 0 Å². The van der Waals surface area contributed by atoms with E-state index in [2.05, 4.69) is 5.16 Å². The van der Waals surface area contributed by atoms with Crippen molar-refractivity contribution in [3.05, 3.63) is 35.4 Å². The minimum absolute atomic E-state index is 0.172. The van der Waals surface area contributed by atoms with Crippen LogP contribution in [-0.2, 0) is 0 Å². The number of benzene rings is 1. The lowest BCUT2D eigenvalue weighted by molar-refractivity contribution is 0.0652. The molecule has 0 aliphatic rings. The van der Waals surface area contributed by atoms with Gasteiger partial charge in [0.05, 0.1) is 11.8 Å². The highest BCUT2D eigenvalue weighted by molar-refractivity contribution is 7.17. The van der Waals surface area contributed by atoms with Crippen LogP contribution < -0.4 is 4.74 Å². The van der Waals surface area contributed by atoms with Crippen molar-refractivity contribution in [2.24, 2.45) is 0 Å². The minimum atomic E-state index is -1.13. The van der Waals surface area contributed by atoms with E-state index in [-0.39, 0.29) is 5.76 Å². The van der Waals surface area contributed by atoms with Crippen molar-refractivity contribution >= 4 is 27.4 Å². The van der Waals surface area contributed by atoms with E-state index in [1.54, 1.807) is 18.4 Å². The molecule has 0 spiro atoms. The molecule has 19 heavy (non-hydrogen) atoms. The zero-order valence-corrected chi connectivity index (χ0v) is 10.7. The number of aromatic carboxylic acids is 1. The third kappa shape index (κ3) is 1.86. The molecule has 0 unspecified atom stereocenters. The molecule has 0 bridgehead atoms. The second-order valence-corrected chi connectivity index (χ2v) is 4.78. The van der Waals surface area contributed by atoms with Gasteiger partial charge < -0.3 is 14.4 Å². The Kier molecular flexibility index (Phi) is 2.72. The van der Waals surface area contributed by atoms with Crippen molar-refractivity contribution in [2.75, 3.05) is 7.11 Å². The number of hydrogen-bond donors (Lipinski definition) is 1. The lowest BCUT2D eigenvalue weighted by Gasteiger charge is -2.04. The van der Waals surface area contributed by atoms with E-state index in [1.807, 2.05) is 23.6 Å². The predicted octanol–water partition coefficient (Wildman–Crippen LogP) is 3.26. The largest absolute Gasteiger partial charge is 0.495 e. The number of hydrogen-bond acceptors (Lipinski definition) is 5. The molecular formula is C13H9NO4S. The summed E-state index contributed by atoms with van der Waals surface area (Å²) in [6.45, 7) is 0. The normalized spacial score (nSPS) is 10.8. The summed E-state index contributed by atoms with van der Waals surface area (Å²) in [5.41, 5.74) is 1.33. The SMILES string of the molecule is COc1ccc(-c2cc(C(=O)O)on2)c2ccsc12. The molecule has 2 heterocycles. The monoisotopic (exact) mass is 275 g/mol. The van der Waals surface area contributed by atoms with Gasteiger partial charge in [-0.1, -0.05) is 5.16 Å². The van der Waals surface area contributed by atoms with Gasteiger partial charge in [0.15, 0.2) is 0 Å². The number of nitrogens with zero attached hydrogens (tertiary/aromatic N) is 1. The number of thiophene rings is 1. The van der Waals surface area contributed by atoms with E-state index in [1.165, 1.54) is 6.07 Å². The fourth-order valence-electron chi connectivity index (χ4n) is 1.92. The molecule has 5 nitrogen and oxygen atoms in total. The maximum absolute atomic E-state index is 10.8. The molecule has 6 heteroatoms. The molecule has 2 aromatic heterocycles. The van der Waals surface area contributed by atoms with Crippen LogP contribution >= 0.6 is 11.3 Å². The van der Waals surface area contributed by atoms with Crippen LogP contribution in [0.4, 0.5) is 0 Å². The quantitative estimate of drug-likeness (QED) is 0.794. The number of carboxylic acid groups (broad SMARTS) is 1. The van der Waals surface area contributed by atoms with Crippen molar-refractivity contribution in [1.29, 1.82) is 0 Å². The number of rotatable bonds is 3. The average molecular weight is 275 g/mol. The van der Waals surface area contributed by atoms with Gasteiger partial charge in [-0.2, -0.15) is 0 Å². The maximum atomic E-state index is 10.8. The molecule has 96 valence electrons. The molecule has 0 radical (unpaired) electrons. The third-order valence-corrected chi connectivity index (χ3v) is 3.73. The van der Waals surface area contributed by atoms with Crippen LogP contribution in [0.15, 0.2) is 34.2 Å². The van der Waals surface area contributed by atoms with Crippen LogP contribution in [0.25, 0.3) is 21.3 Å². The number of fused-ring (bicyclic) bond motifs is 1. The van der Waals surface area contributed by atoms with Gasteiger partial charge in [-0.25, -0.2) is 4.79 Å². The van der Waals surface area contributed by atoms with Gasteiger partial charge in [0, 0.05) is 17.0 Å². The highest BCUT2D eigenvalue weighted by Crippen LogP contribution is 2.37. The Labute approximate surface area is 112 Å². The van der Waals surface area contributed by atoms with E-state index in [0.29, 0.717) is 5.69 Å². The van der Waals surface area contributed by atoms with Crippen LogP contribution in [0.2, 0.25) is 0 Å². The first kappa shape index (κ1) is 11.7. The molecule has 0 saturated heterocycles. The van der Waals surface area contributed by atoms with Gasteiger partial charge in [0.25, 0.3) is 0 Å². The summed E-state index contributed by atoms with van der Waals surface area (Å²) in [6.07, 6.45) is 0. The van der Waals surface area contributed by atoms with Crippen LogP contribution in [0.1, 0.15) is 10.6 Å². The van der Waals surface area contributed by atoms with Crippen molar-refractivity contribution < 1.29 is 19.2 Å². The molecule has 0 aliphatic heterocycles. The average Bonchev–Trinajstić information content (AvgIpc) is 3.06. The van der Waals surface area contributed by atoms with Gasteiger partial charge >= 0.3 is 5.97 Å². The Balaban J connectivity index is 2.19. The van der Waals surface area contributed by atoms with Crippen molar-refractivity contribution in [3.63, 3.8) is 0 Å². The Morgan fingerprint density at radius 2 is 2.26 bits per heavy atom. The topological polar surface area (TPSA) is 72.6 Å². The van der Waals surface area contributed by atoms with E-state index in [4.69, 9.17) is 14.4 Å². The molecule has 1 N–H and O–H groups in total.